The van der Waals surface area contributed by atoms with E-state index in [1.165, 1.54) is 127 Å². The van der Waals surface area contributed by atoms with Crippen LogP contribution in [-0.2, 0) is 11.3 Å². The maximum absolute atomic E-state index is 6.48. The van der Waals surface area contributed by atoms with Crippen molar-refractivity contribution in [3.63, 3.8) is 0 Å². The molecule has 6 nitrogen and oxygen atoms in total. The maximum atomic E-state index is 6.48. The van der Waals surface area contributed by atoms with Crippen LogP contribution in [0.25, 0.3) is 98.8 Å². The van der Waals surface area contributed by atoms with E-state index in [0.717, 1.165) is 54.4 Å². The van der Waals surface area contributed by atoms with Crippen LogP contribution in [0.2, 0.25) is 0 Å². The molecule has 0 amide bonds. The number of hydrogen-bond donors (Lipinski definition) is 0. The highest BCUT2D eigenvalue weighted by Gasteiger charge is 2.21. The number of benzene rings is 14. The average Bonchev–Trinajstić information content (AvgIpc) is 1.36. The Bertz CT molecular complexity index is 5310. The van der Waals surface area contributed by atoms with Crippen molar-refractivity contribution in [3.05, 3.63) is 338 Å². The van der Waals surface area contributed by atoms with Crippen molar-refractivity contribution in [1.29, 1.82) is 0 Å². The van der Waals surface area contributed by atoms with Gasteiger partial charge in [0, 0.05) is 80.6 Å². The summed E-state index contributed by atoms with van der Waals surface area (Å²) in [4.78, 5) is 4.51. The average molecular weight is 1280 g/mol. The van der Waals surface area contributed by atoms with E-state index >= 15 is 0 Å². The van der Waals surface area contributed by atoms with Crippen LogP contribution in [0.4, 0.5) is 28.4 Å². The number of anilines is 5. The lowest BCUT2D eigenvalue weighted by atomic mass is 9.88. The maximum Gasteiger partial charge on any atom is 0.127 e. The normalized spacial score (nSPS) is 11.2. The molecule has 0 radical (unpaired) electrons. The van der Waals surface area contributed by atoms with Gasteiger partial charge in [0.1, 0.15) is 5.75 Å². The molecule has 0 saturated carbocycles. The Labute approximate surface area is 576 Å². The lowest BCUT2D eigenvalue weighted by Gasteiger charge is -2.26. The first-order chi connectivity index (χ1) is 48.2. The van der Waals surface area contributed by atoms with Crippen LogP contribution in [0.3, 0.4) is 0 Å². The van der Waals surface area contributed by atoms with Crippen LogP contribution in [-0.4, -0.2) is 29.4 Å². The number of ether oxygens (including phenoxy) is 2. The molecule has 482 valence electrons. The Kier molecular flexibility index (Phi) is 19.1. The van der Waals surface area contributed by atoms with Crippen molar-refractivity contribution >= 4 is 93.6 Å². The summed E-state index contributed by atoms with van der Waals surface area (Å²) >= 11 is 0. The number of rotatable bonds is 17. The summed E-state index contributed by atoms with van der Waals surface area (Å²) < 4.78 is 17.3. The Morgan fingerprint density at radius 3 is 1.36 bits per heavy atom. The van der Waals surface area contributed by atoms with Crippen molar-refractivity contribution in [2.75, 3.05) is 30.1 Å². The molecule has 0 aliphatic heterocycles. The first kappa shape index (κ1) is 63.9. The fourth-order valence-corrected chi connectivity index (χ4v) is 13.8. The second-order valence-electron chi connectivity index (χ2n) is 25.5. The third-order valence-corrected chi connectivity index (χ3v) is 18.6. The first-order valence-electron chi connectivity index (χ1n) is 34.5. The zero-order valence-corrected chi connectivity index (χ0v) is 56.9. The van der Waals surface area contributed by atoms with E-state index in [-0.39, 0.29) is 0 Å². The Morgan fingerprint density at radius 1 is 0.327 bits per heavy atom. The van der Waals surface area contributed by atoms with Crippen molar-refractivity contribution in [2.45, 2.75) is 60.5 Å². The minimum absolute atomic E-state index is 0.582. The molecular weight excluding hydrogens is 1190 g/mol. The first-order valence-corrected chi connectivity index (χ1v) is 34.5. The van der Waals surface area contributed by atoms with Crippen molar-refractivity contribution in [1.82, 2.24) is 9.13 Å². The van der Waals surface area contributed by atoms with Crippen molar-refractivity contribution in [3.8, 4) is 39.4 Å². The van der Waals surface area contributed by atoms with Crippen LogP contribution in [0.1, 0.15) is 55.4 Å². The van der Waals surface area contributed by atoms with E-state index in [1.807, 2.05) is 6.07 Å². The molecule has 0 N–H and O–H groups in total. The van der Waals surface area contributed by atoms with E-state index in [2.05, 4.69) is 370 Å². The van der Waals surface area contributed by atoms with Gasteiger partial charge in [-0.1, -0.05) is 226 Å². The van der Waals surface area contributed by atoms with E-state index in [0.29, 0.717) is 13.2 Å². The minimum Gasteiger partial charge on any atom is -0.493 e. The third kappa shape index (κ3) is 13.3. The molecular formula is C92H82N4O2. The molecule has 2 aromatic heterocycles. The van der Waals surface area contributed by atoms with Gasteiger partial charge in [0.05, 0.1) is 35.3 Å². The van der Waals surface area contributed by atoms with Gasteiger partial charge in [-0.3, -0.25) is 0 Å². The Balaban J connectivity index is 0.000000127. The molecule has 6 heteroatoms. The lowest BCUT2D eigenvalue weighted by molar-refractivity contribution is 0.122. The highest BCUT2D eigenvalue weighted by atomic mass is 16.5. The van der Waals surface area contributed by atoms with E-state index in [1.54, 1.807) is 0 Å². The second-order valence-corrected chi connectivity index (χ2v) is 25.5. The standard InChI is InChI=1S/C36H38O2.C31H24N2.C25H20N2/c1-5-7-20-38-34-18-15-30-23-28(27-10-8-9-25(3)21-27)14-17-33(30)36(34)35-31(24-37-19-6-2)13-12-29-22-26(4)11-16-32(29)35;1-23-10-9-13-27(22-23)32(24-11-3-2-4-12-24)25-18-20-26(21-19-25)33-30-16-7-5-14-28(30)29-15-6-8-17-31(29)33;1-26(19-9-3-2-4-10-19)20-15-17-21(18-16-20)27-24-13-7-5-11-22(24)23-12-6-8-14-25(23)27/h8-18,21-23H,5-7,19-20,24H2,1-4H3;2-22H,1H3;2-18H,1H3. The van der Waals surface area contributed by atoms with Gasteiger partial charge >= 0.3 is 0 Å². The largest absolute Gasteiger partial charge is 0.493 e. The zero-order valence-electron chi connectivity index (χ0n) is 56.9. The molecule has 16 aromatic rings. The smallest absolute Gasteiger partial charge is 0.127 e. The second kappa shape index (κ2) is 29.3. The summed E-state index contributed by atoms with van der Waals surface area (Å²) in [6.07, 6.45) is 3.14. The number of hydrogen-bond acceptors (Lipinski definition) is 4. The van der Waals surface area contributed by atoms with Crippen LogP contribution < -0.4 is 14.5 Å². The third-order valence-electron chi connectivity index (χ3n) is 18.6. The highest BCUT2D eigenvalue weighted by Crippen LogP contribution is 2.45. The summed E-state index contributed by atoms with van der Waals surface area (Å²) in [5.74, 6) is 0.944. The van der Waals surface area contributed by atoms with Gasteiger partial charge in [-0.15, -0.1) is 0 Å². The summed E-state index contributed by atoms with van der Waals surface area (Å²) in [7, 11) is 2.10. The quantitative estimate of drug-likeness (QED) is 0.0851. The zero-order chi connectivity index (χ0) is 66.9. The molecule has 0 bridgehead atoms. The predicted molar refractivity (Wildman–Crippen MR) is 418 cm³/mol. The molecule has 0 atom stereocenters. The lowest BCUT2D eigenvalue weighted by Crippen LogP contribution is -2.10. The fraction of sp³-hybridized carbons (Fsp3) is 0.130. The number of para-hydroxylation sites is 6. The van der Waals surface area contributed by atoms with E-state index < -0.39 is 0 Å². The van der Waals surface area contributed by atoms with Gasteiger partial charge in [0.2, 0.25) is 0 Å². The highest BCUT2D eigenvalue weighted by molar-refractivity contribution is 6.12. The summed E-state index contributed by atoms with van der Waals surface area (Å²) in [6, 6.07) is 113. The van der Waals surface area contributed by atoms with Gasteiger partial charge in [0.25, 0.3) is 0 Å². The van der Waals surface area contributed by atoms with E-state index in [9.17, 15) is 0 Å². The summed E-state index contributed by atoms with van der Waals surface area (Å²) in [6.45, 7) is 12.8. The molecule has 0 saturated heterocycles. The number of aromatic nitrogens is 2. The number of fused-ring (bicyclic) bond motifs is 8. The molecule has 0 aliphatic rings. The van der Waals surface area contributed by atoms with Crippen molar-refractivity contribution in [2.24, 2.45) is 0 Å². The van der Waals surface area contributed by atoms with E-state index in [4.69, 9.17) is 9.47 Å². The van der Waals surface area contributed by atoms with Gasteiger partial charge in [-0.25, -0.2) is 0 Å². The van der Waals surface area contributed by atoms with Gasteiger partial charge < -0.3 is 28.4 Å². The molecule has 16 rings (SSSR count). The summed E-state index contributed by atoms with van der Waals surface area (Å²) in [5.41, 5.74) is 22.9. The Hall–Kier alpha value is -11.4. The predicted octanol–water partition coefficient (Wildman–Crippen LogP) is 25.2. The SMILES string of the molecule is CCCCOc1ccc2cc(-c3cccc(C)c3)ccc2c1-c1c(COCCC)ccc2cc(C)ccc12.CN(c1ccccc1)c1ccc(-n2c3ccccc3c3ccccc32)cc1.Cc1cccc(N(c2ccccc2)c2ccc(-n3c4ccccc4c4ccccc43)cc2)c1. The Morgan fingerprint density at radius 2 is 0.786 bits per heavy atom. The minimum atomic E-state index is 0.582. The van der Waals surface area contributed by atoms with Gasteiger partial charge in [-0.05, 0) is 204 Å². The van der Waals surface area contributed by atoms with Crippen LogP contribution in [0.5, 0.6) is 5.75 Å². The monoisotopic (exact) mass is 1270 g/mol. The number of aryl methyl sites for hydroxylation is 3. The van der Waals surface area contributed by atoms with Gasteiger partial charge in [0.15, 0.2) is 0 Å². The molecule has 0 fully saturated rings. The number of unbranched alkanes of at least 4 members (excludes halogenated alkanes) is 1. The van der Waals surface area contributed by atoms with Gasteiger partial charge in [-0.2, -0.15) is 0 Å². The molecule has 0 spiro atoms. The van der Waals surface area contributed by atoms with Crippen molar-refractivity contribution < 1.29 is 9.47 Å². The molecule has 0 unspecified atom stereocenters. The number of nitrogens with zero attached hydrogens (tertiary/aromatic N) is 4. The molecule has 14 aromatic carbocycles. The van der Waals surface area contributed by atoms with Crippen LogP contribution in [0.15, 0.2) is 315 Å². The molecule has 2 heterocycles. The molecule has 0 aliphatic carbocycles. The van der Waals surface area contributed by atoms with Crippen LogP contribution >= 0.6 is 0 Å². The fourth-order valence-electron chi connectivity index (χ4n) is 13.8. The molecule has 98 heavy (non-hydrogen) atoms. The summed E-state index contributed by atoms with van der Waals surface area (Å²) in [5, 5.41) is 10.0. The topological polar surface area (TPSA) is 34.8 Å². The van der Waals surface area contributed by atoms with Crippen LogP contribution in [0, 0.1) is 20.8 Å².